The van der Waals surface area contributed by atoms with Gasteiger partial charge in [-0.15, -0.1) is 0 Å². The van der Waals surface area contributed by atoms with Gasteiger partial charge in [0.05, 0.1) is 6.10 Å². The van der Waals surface area contributed by atoms with E-state index in [0.717, 1.165) is 38.5 Å². The van der Waals surface area contributed by atoms with Crippen molar-refractivity contribution in [3.8, 4) is 0 Å². The number of aliphatic hydroxyl groups excluding tert-OH is 1. The Morgan fingerprint density at radius 1 is 0.750 bits per heavy atom. The molecular formula is C17H22N2O. The van der Waals surface area contributed by atoms with Gasteiger partial charge in [-0.3, -0.25) is 9.97 Å². The zero-order valence-electron chi connectivity index (χ0n) is 11.8. The van der Waals surface area contributed by atoms with Crippen LogP contribution in [-0.2, 0) is 12.8 Å². The minimum Gasteiger partial charge on any atom is -0.393 e. The van der Waals surface area contributed by atoms with Crippen molar-refractivity contribution in [3.63, 3.8) is 0 Å². The van der Waals surface area contributed by atoms with Crippen LogP contribution >= 0.6 is 0 Å². The van der Waals surface area contributed by atoms with E-state index in [4.69, 9.17) is 0 Å². The molecule has 2 aromatic heterocycles. The minimum atomic E-state index is -0.182. The van der Waals surface area contributed by atoms with Crippen LogP contribution in [0.25, 0.3) is 0 Å². The van der Waals surface area contributed by atoms with Crippen molar-refractivity contribution < 1.29 is 5.11 Å². The summed E-state index contributed by atoms with van der Waals surface area (Å²) in [5.74, 6) is 0. The molecule has 0 aliphatic heterocycles. The largest absolute Gasteiger partial charge is 0.393 e. The van der Waals surface area contributed by atoms with Gasteiger partial charge >= 0.3 is 0 Å². The first-order valence-corrected chi connectivity index (χ1v) is 7.30. The van der Waals surface area contributed by atoms with Crippen LogP contribution in [0.2, 0.25) is 0 Å². The molecule has 0 aliphatic rings. The van der Waals surface area contributed by atoms with E-state index >= 15 is 0 Å². The Morgan fingerprint density at radius 2 is 1.15 bits per heavy atom. The molecular weight excluding hydrogens is 248 g/mol. The van der Waals surface area contributed by atoms with E-state index < -0.39 is 0 Å². The fourth-order valence-electron chi connectivity index (χ4n) is 2.33. The maximum absolute atomic E-state index is 9.98. The monoisotopic (exact) mass is 270 g/mol. The molecule has 2 heterocycles. The quantitative estimate of drug-likeness (QED) is 0.801. The van der Waals surface area contributed by atoms with Crippen LogP contribution in [0.3, 0.4) is 0 Å². The first-order chi connectivity index (χ1) is 9.84. The van der Waals surface area contributed by atoms with E-state index in [9.17, 15) is 5.11 Å². The first kappa shape index (κ1) is 14.7. The van der Waals surface area contributed by atoms with Crippen LogP contribution in [0.4, 0.5) is 0 Å². The second-order valence-electron chi connectivity index (χ2n) is 5.15. The summed E-state index contributed by atoms with van der Waals surface area (Å²) in [5.41, 5.74) is 2.59. The second-order valence-corrected chi connectivity index (χ2v) is 5.15. The van der Waals surface area contributed by atoms with Crippen molar-refractivity contribution >= 4 is 0 Å². The molecule has 0 radical (unpaired) electrons. The van der Waals surface area contributed by atoms with Gasteiger partial charge in [0.2, 0.25) is 0 Å². The Balaban J connectivity index is 1.58. The lowest BCUT2D eigenvalue weighted by Crippen LogP contribution is -2.07. The van der Waals surface area contributed by atoms with Gasteiger partial charge in [-0.2, -0.15) is 0 Å². The molecule has 3 heteroatoms. The molecule has 106 valence electrons. The summed E-state index contributed by atoms with van der Waals surface area (Å²) >= 11 is 0. The van der Waals surface area contributed by atoms with Crippen LogP contribution < -0.4 is 0 Å². The standard InChI is InChI=1S/C17H22N2O/c20-17(5-1-3-15-7-11-18-12-8-15)6-2-4-16-9-13-19-14-10-16/h7-14,17,20H,1-6H2. The van der Waals surface area contributed by atoms with E-state index in [2.05, 4.69) is 9.97 Å². The van der Waals surface area contributed by atoms with E-state index in [0.29, 0.717) is 0 Å². The molecule has 1 N–H and O–H groups in total. The topological polar surface area (TPSA) is 46.0 Å². The fourth-order valence-corrected chi connectivity index (χ4v) is 2.33. The molecule has 0 saturated heterocycles. The molecule has 0 amide bonds. The van der Waals surface area contributed by atoms with Gasteiger partial charge in [0.15, 0.2) is 0 Å². The number of pyridine rings is 2. The second kappa shape index (κ2) is 8.43. The first-order valence-electron chi connectivity index (χ1n) is 7.30. The fraction of sp³-hybridized carbons (Fsp3) is 0.412. The smallest absolute Gasteiger partial charge is 0.0540 e. The summed E-state index contributed by atoms with van der Waals surface area (Å²) in [6.45, 7) is 0. The lowest BCUT2D eigenvalue weighted by molar-refractivity contribution is 0.149. The normalized spacial score (nSPS) is 10.9. The summed E-state index contributed by atoms with van der Waals surface area (Å²) in [7, 11) is 0. The van der Waals surface area contributed by atoms with Gasteiger partial charge in [0.1, 0.15) is 0 Å². The Morgan fingerprint density at radius 3 is 1.55 bits per heavy atom. The van der Waals surface area contributed by atoms with Gasteiger partial charge in [0, 0.05) is 24.8 Å². The minimum absolute atomic E-state index is 0.182. The number of aryl methyl sites for hydroxylation is 2. The van der Waals surface area contributed by atoms with Crippen molar-refractivity contribution in [3.05, 3.63) is 60.2 Å². The molecule has 20 heavy (non-hydrogen) atoms. The number of hydrogen-bond donors (Lipinski definition) is 1. The summed E-state index contributed by atoms with van der Waals surface area (Å²) in [5, 5.41) is 9.98. The molecule has 2 rings (SSSR count). The van der Waals surface area contributed by atoms with Gasteiger partial charge in [-0.25, -0.2) is 0 Å². The highest BCUT2D eigenvalue weighted by atomic mass is 16.3. The maximum Gasteiger partial charge on any atom is 0.0540 e. The SMILES string of the molecule is OC(CCCc1ccncc1)CCCc1ccncc1. The maximum atomic E-state index is 9.98. The molecule has 0 saturated carbocycles. The van der Waals surface area contributed by atoms with Gasteiger partial charge in [0.25, 0.3) is 0 Å². The molecule has 0 aliphatic carbocycles. The number of hydrogen-bond acceptors (Lipinski definition) is 3. The van der Waals surface area contributed by atoms with Gasteiger partial charge in [-0.1, -0.05) is 0 Å². The highest BCUT2D eigenvalue weighted by Gasteiger charge is 2.04. The average molecular weight is 270 g/mol. The lowest BCUT2D eigenvalue weighted by Gasteiger charge is -2.10. The summed E-state index contributed by atoms with van der Waals surface area (Å²) in [6, 6.07) is 8.15. The third kappa shape index (κ3) is 5.49. The molecule has 0 unspecified atom stereocenters. The third-order valence-corrected chi connectivity index (χ3v) is 3.50. The van der Waals surface area contributed by atoms with Gasteiger partial charge < -0.3 is 5.11 Å². The molecule has 3 nitrogen and oxygen atoms in total. The zero-order chi connectivity index (χ0) is 14.0. The Bertz CT molecular complexity index is 427. The average Bonchev–Trinajstić information content (AvgIpc) is 2.49. The van der Waals surface area contributed by atoms with E-state index in [1.54, 1.807) is 0 Å². The number of nitrogens with zero attached hydrogens (tertiary/aromatic N) is 2. The van der Waals surface area contributed by atoms with Crippen LogP contribution in [0, 0.1) is 0 Å². The molecule has 0 atom stereocenters. The highest BCUT2D eigenvalue weighted by molar-refractivity contribution is 5.10. The summed E-state index contributed by atoms with van der Waals surface area (Å²) in [4.78, 5) is 8.01. The Hall–Kier alpha value is -1.74. The number of rotatable bonds is 8. The van der Waals surface area contributed by atoms with Crippen LogP contribution in [-0.4, -0.2) is 21.2 Å². The molecule has 2 aromatic rings. The molecule has 0 spiro atoms. The van der Waals surface area contributed by atoms with Crippen molar-refractivity contribution in [2.24, 2.45) is 0 Å². The summed E-state index contributed by atoms with van der Waals surface area (Å²) in [6.07, 6.45) is 12.9. The molecule has 0 bridgehead atoms. The van der Waals surface area contributed by atoms with Crippen molar-refractivity contribution in [2.75, 3.05) is 0 Å². The number of aromatic nitrogens is 2. The lowest BCUT2D eigenvalue weighted by atomic mass is 10.0. The van der Waals surface area contributed by atoms with E-state index in [-0.39, 0.29) is 6.10 Å². The van der Waals surface area contributed by atoms with Crippen LogP contribution in [0.15, 0.2) is 49.1 Å². The Labute approximate surface area is 120 Å². The number of aliphatic hydroxyl groups is 1. The predicted molar refractivity (Wildman–Crippen MR) is 80.4 cm³/mol. The highest BCUT2D eigenvalue weighted by Crippen LogP contribution is 2.11. The summed E-state index contributed by atoms with van der Waals surface area (Å²) < 4.78 is 0. The van der Waals surface area contributed by atoms with Crippen molar-refractivity contribution in [2.45, 2.75) is 44.6 Å². The van der Waals surface area contributed by atoms with E-state index in [1.165, 1.54) is 11.1 Å². The molecule has 0 fully saturated rings. The molecule has 0 aromatic carbocycles. The Kier molecular flexibility index (Phi) is 6.18. The van der Waals surface area contributed by atoms with Crippen LogP contribution in [0.5, 0.6) is 0 Å². The van der Waals surface area contributed by atoms with Crippen LogP contribution in [0.1, 0.15) is 36.8 Å². The van der Waals surface area contributed by atoms with E-state index in [1.807, 2.05) is 49.1 Å². The van der Waals surface area contributed by atoms with Crippen molar-refractivity contribution in [1.82, 2.24) is 9.97 Å². The van der Waals surface area contributed by atoms with Gasteiger partial charge in [-0.05, 0) is 73.9 Å². The zero-order valence-corrected chi connectivity index (χ0v) is 11.8. The van der Waals surface area contributed by atoms with Crippen molar-refractivity contribution in [1.29, 1.82) is 0 Å². The predicted octanol–water partition coefficient (Wildman–Crippen LogP) is 3.18. The third-order valence-electron chi connectivity index (χ3n) is 3.50.